The molecule has 1 aliphatic heterocycles. The average Bonchev–Trinajstić information content (AvgIpc) is 3.12. The van der Waals surface area contributed by atoms with E-state index in [1.807, 2.05) is 47.4 Å². The summed E-state index contributed by atoms with van der Waals surface area (Å²) < 4.78 is 5.22. The number of fused-ring (bicyclic) bond motifs is 1. The topological polar surface area (TPSA) is 57.4 Å². The average molecular weight is 377 g/mol. The number of benzene rings is 2. The smallest absolute Gasteiger partial charge is 0.270 e. The first-order valence-corrected chi connectivity index (χ1v) is 9.99. The number of anilines is 1. The maximum absolute atomic E-state index is 13.3. The number of methoxy groups -OCH3 is 1. The van der Waals surface area contributed by atoms with E-state index in [-0.39, 0.29) is 11.9 Å². The Morgan fingerprint density at radius 3 is 2.75 bits per heavy atom. The molecule has 4 rings (SSSR count). The molecule has 146 valence electrons. The molecule has 0 saturated carbocycles. The van der Waals surface area contributed by atoms with Crippen molar-refractivity contribution in [1.82, 2.24) is 9.88 Å². The zero-order valence-electron chi connectivity index (χ0n) is 16.5. The highest BCUT2D eigenvalue weighted by atomic mass is 16.5. The Labute approximate surface area is 165 Å². The van der Waals surface area contributed by atoms with Gasteiger partial charge in [0.05, 0.1) is 7.11 Å². The van der Waals surface area contributed by atoms with Crippen LogP contribution in [0.3, 0.4) is 0 Å². The van der Waals surface area contributed by atoms with Gasteiger partial charge in [-0.1, -0.05) is 25.1 Å². The number of aromatic amines is 1. The second kappa shape index (κ2) is 7.97. The highest BCUT2D eigenvalue weighted by molar-refractivity contribution is 6.01. The predicted molar refractivity (Wildman–Crippen MR) is 113 cm³/mol. The summed E-state index contributed by atoms with van der Waals surface area (Å²) in [6.07, 6.45) is 2.90. The van der Waals surface area contributed by atoms with E-state index < -0.39 is 0 Å². The van der Waals surface area contributed by atoms with Gasteiger partial charge in [-0.15, -0.1) is 0 Å². The first kappa shape index (κ1) is 18.4. The minimum Gasteiger partial charge on any atom is -0.497 e. The Morgan fingerprint density at radius 1 is 1.21 bits per heavy atom. The van der Waals surface area contributed by atoms with Crippen molar-refractivity contribution in [3.8, 4) is 5.75 Å². The van der Waals surface area contributed by atoms with E-state index in [2.05, 4.69) is 23.3 Å². The molecule has 1 aliphatic rings. The van der Waals surface area contributed by atoms with Gasteiger partial charge in [0, 0.05) is 35.7 Å². The summed E-state index contributed by atoms with van der Waals surface area (Å²) in [7, 11) is 1.67. The van der Waals surface area contributed by atoms with Gasteiger partial charge in [0.1, 0.15) is 11.4 Å². The normalized spacial score (nSPS) is 16.9. The molecule has 5 heteroatoms. The Kier molecular flexibility index (Phi) is 5.24. The first-order valence-electron chi connectivity index (χ1n) is 9.99. The summed E-state index contributed by atoms with van der Waals surface area (Å²) in [5.41, 5.74) is 3.95. The summed E-state index contributed by atoms with van der Waals surface area (Å²) in [4.78, 5) is 18.6. The number of ether oxygens (including phenoxy) is 1. The zero-order valence-corrected chi connectivity index (χ0v) is 16.5. The van der Waals surface area contributed by atoms with Gasteiger partial charge in [0.2, 0.25) is 0 Å². The van der Waals surface area contributed by atoms with Crippen LogP contribution in [0, 0.1) is 0 Å². The molecule has 0 bridgehead atoms. The van der Waals surface area contributed by atoms with Gasteiger partial charge in [0.25, 0.3) is 5.91 Å². The minimum absolute atomic E-state index is 0.106. The highest BCUT2D eigenvalue weighted by Crippen LogP contribution is 2.26. The lowest BCUT2D eigenvalue weighted by molar-refractivity contribution is 0.0709. The number of carbonyl (C=O) groups excluding carboxylic acids is 1. The van der Waals surface area contributed by atoms with Crippen molar-refractivity contribution in [3.63, 3.8) is 0 Å². The number of aryl methyl sites for hydroxylation is 1. The molecule has 2 heterocycles. The quantitative estimate of drug-likeness (QED) is 0.690. The molecule has 1 saturated heterocycles. The Balaban J connectivity index is 1.50. The number of piperidine rings is 1. The monoisotopic (exact) mass is 377 g/mol. The number of hydrogen-bond acceptors (Lipinski definition) is 3. The standard InChI is InChI=1S/C23H27N3O2/c1-3-19-20-8-4-5-9-21(20)25-22(19)23(27)26-14-6-7-17(15-26)24-16-10-12-18(28-2)13-11-16/h4-5,8-13,17,24-25H,3,6-7,14-15H2,1-2H3/t17-/m1/s1. The van der Waals surface area contributed by atoms with E-state index in [0.717, 1.165) is 59.4 Å². The molecule has 0 unspecified atom stereocenters. The van der Waals surface area contributed by atoms with Crippen molar-refractivity contribution in [2.24, 2.45) is 0 Å². The van der Waals surface area contributed by atoms with Crippen LogP contribution in [-0.4, -0.2) is 42.0 Å². The second-order valence-corrected chi connectivity index (χ2v) is 7.34. The van der Waals surface area contributed by atoms with Crippen molar-refractivity contribution in [3.05, 3.63) is 59.8 Å². The molecule has 1 atom stereocenters. The van der Waals surface area contributed by atoms with Gasteiger partial charge in [-0.2, -0.15) is 0 Å². The SMILES string of the molecule is CCc1c(C(=O)N2CCC[C@@H](Nc3ccc(OC)cc3)C2)[nH]c2ccccc12. The number of aromatic nitrogens is 1. The fourth-order valence-corrected chi connectivity index (χ4v) is 4.11. The van der Waals surface area contributed by atoms with E-state index in [0.29, 0.717) is 6.54 Å². The van der Waals surface area contributed by atoms with Crippen molar-refractivity contribution in [1.29, 1.82) is 0 Å². The molecule has 2 N–H and O–H groups in total. The Hall–Kier alpha value is -2.95. The third-order valence-electron chi connectivity index (χ3n) is 5.55. The molecule has 28 heavy (non-hydrogen) atoms. The molecule has 1 amide bonds. The van der Waals surface area contributed by atoms with E-state index in [4.69, 9.17) is 4.74 Å². The summed E-state index contributed by atoms with van der Waals surface area (Å²) in [6, 6.07) is 16.3. The Bertz CT molecular complexity index is 962. The van der Waals surface area contributed by atoms with Crippen molar-refractivity contribution in [2.45, 2.75) is 32.2 Å². The maximum Gasteiger partial charge on any atom is 0.270 e. The molecule has 0 spiro atoms. The molecule has 2 aromatic carbocycles. The first-order chi connectivity index (χ1) is 13.7. The molecular weight excluding hydrogens is 350 g/mol. The van der Waals surface area contributed by atoms with Crippen LogP contribution in [-0.2, 0) is 6.42 Å². The van der Waals surface area contributed by atoms with Crippen LogP contribution < -0.4 is 10.1 Å². The lowest BCUT2D eigenvalue weighted by atomic mass is 10.0. The number of hydrogen-bond donors (Lipinski definition) is 2. The second-order valence-electron chi connectivity index (χ2n) is 7.34. The number of rotatable bonds is 5. The fraction of sp³-hybridized carbons (Fsp3) is 0.348. The largest absolute Gasteiger partial charge is 0.497 e. The van der Waals surface area contributed by atoms with Gasteiger partial charge in [-0.3, -0.25) is 4.79 Å². The van der Waals surface area contributed by atoms with Crippen molar-refractivity contribution >= 4 is 22.5 Å². The summed E-state index contributed by atoms with van der Waals surface area (Å²) in [6.45, 7) is 3.62. The highest BCUT2D eigenvalue weighted by Gasteiger charge is 2.27. The van der Waals surface area contributed by atoms with Gasteiger partial charge in [-0.05, 0) is 55.2 Å². The van der Waals surface area contributed by atoms with E-state index in [9.17, 15) is 4.79 Å². The molecular formula is C23H27N3O2. The van der Waals surface area contributed by atoms with Gasteiger partial charge in [-0.25, -0.2) is 0 Å². The molecule has 0 aliphatic carbocycles. The van der Waals surface area contributed by atoms with Crippen molar-refractivity contribution < 1.29 is 9.53 Å². The van der Waals surface area contributed by atoms with E-state index >= 15 is 0 Å². The fourth-order valence-electron chi connectivity index (χ4n) is 4.11. The van der Waals surface area contributed by atoms with Gasteiger partial charge in [0.15, 0.2) is 0 Å². The van der Waals surface area contributed by atoms with Crippen LogP contribution >= 0.6 is 0 Å². The third kappa shape index (κ3) is 3.57. The van der Waals surface area contributed by atoms with Crippen LogP contribution in [0.5, 0.6) is 5.75 Å². The van der Waals surface area contributed by atoms with Crippen LogP contribution in [0.2, 0.25) is 0 Å². The van der Waals surface area contributed by atoms with E-state index in [1.54, 1.807) is 7.11 Å². The van der Waals surface area contributed by atoms with Crippen LogP contribution in [0.4, 0.5) is 5.69 Å². The molecule has 3 aromatic rings. The molecule has 5 nitrogen and oxygen atoms in total. The lowest BCUT2D eigenvalue weighted by Gasteiger charge is -2.33. The number of H-pyrrole nitrogens is 1. The van der Waals surface area contributed by atoms with Crippen LogP contribution in [0.1, 0.15) is 35.8 Å². The molecule has 0 radical (unpaired) electrons. The lowest BCUT2D eigenvalue weighted by Crippen LogP contribution is -2.45. The third-order valence-corrected chi connectivity index (χ3v) is 5.55. The van der Waals surface area contributed by atoms with Crippen LogP contribution in [0.25, 0.3) is 10.9 Å². The number of para-hydroxylation sites is 1. The Morgan fingerprint density at radius 2 is 2.00 bits per heavy atom. The molecule has 1 aromatic heterocycles. The summed E-state index contributed by atoms with van der Waals surface area (Å²) in [5.74, 6) is 0.950. The van der Waals surface area contributed by atoms with Crippen LogP contribution in [0.15, 0.2) is 48.5 Å². The summed E-state index contributed by atoms with van der Waals surface area (Å²) in [5, 5.41) is 4.72. The number of amides is 1. The summed E-state index contributed by atoms with van der Waals surface area (Å²) >= 11 is 0. The number of nitrogens with zero attached hydrogens (tertiary/aromatic N) is 1. The minimum atomic E-state index is 0.106. The predicted octanol–water partition coefficient (Wildman–Crippen LogP) is 4.46. The zero-order chi connectivity index (χ0) is 19.5. The number of nitrogens with one attached hydrogen (secondary N) is 2. The van der Waals surface area contributed by atoms with Gasteiger partial charge >= 0.3 is 0 Å². The van der Waals surface area contributed by atoms with Gasteiger partial charge < -0.3 is 19.9 Å². The molecule has 1 fully saturated rings. The van der Waals surface area contributed by atoms with Crippen molar-refractivity contribution in [2.75, 3.05) is 25.5 Å². The van der Waals surface area contributed by atoms with E-state index in [1.165, 1.54) is 0 Å². The number of likely N-dealkylation sites (tertiary alicyclic amines) is 1. The maximum atomic E-state index is 13.3. The number of carbonyl (C=O) groups is 1.